The van der Waals surface area contributed by atoms with Gasteiger partial charge in [-0.1, -0.05) is 24.3 Å². The topological polar surface area (TPSA) is 65.1 Å². The first-order valence-electron chi connectivity index (χ1n) is 6.64. The van der Waals surface area contributed by atoms with Crippen molar-refractivity contribution in [1.29, 1.82) is 0 Å². The number of rotatable bonds is 2. The molecule has 0 fully saturated rings. The summed E-state index contributed by atoms with van der Waals surface area (Å²) >= 11 is 0. The Kier molecular flexibility index (Phi) is 3.57. The summed E-state index contributed by atoms with van der Waals surface area (Å²) in [6.07, 6.45) is -4.38. The smallest absolute Gasteiger partial charge is 0.354 e. The number of hydroxylamine groups is 1. The number of hydrogen-bond donors (Lipinski definition) is 3. The van der Waals surface area contributed by atoms with Crippen LogP contribution in [0.2, 0.25) is 0 Å². The van der Waals surface area contributed by atoms with Crippen LogP contribution in [-0.4, -0.2) is 16.1 Å². The van der Waals surface area contributed by atoms with Gasteiger partial charge >= 0.3 is 6.18 Å². The number of benzene rings is 2. The lowest BCUT2D eigenvalue weighted by Gasteiger charge is -2.06. The highest BCUT2D eigenvalue weighted by molar-refractivity contribution is 6.06. The number of carbonyl (C=O) groups excluding carboxylic acids is 1. The van der Waals surface area contributed by atoms with E-state index in [-0.39, 0.29) is 5.56 Å². The van der Waals surface area contributed by atoms with E-state index in [2.05, 4.69) is 4.98 Å². The maximum Gasteiger partial charge on any atom is 0.416 e. The minimum atomic E-state index is -4.38. The van der Waals surface area contributed by atoms with Crippen molar-refractivity contribution in [1.82, 2.24) is 10.5 Å². The van der Waals surface area contributed by atoms with Gasteiger partial charge in [-0.3, -0.25) is 10.0 Å². The predicted molar refractivity (Wildman–Crippen MR) is 78.0 cm³/mol. The lowest BCUT2D eigenvalue weighted by molar-refractivity contribution is -0.137. The molecular formula is C16H11F3N2O2. The zero-order chi connectivity index (χ0) is 16.6. The molecule has 0 aliphatic heterocycles. The molecule has 0 unspecified atom stereocenters. The summed E-state index contributed by atoms with van der Waals surface area (Å²) in [5.74, 6) is -0.670. The predicted octanol–water partition coefficient (Wildman–Crippen LogP) is 3.97. The molecule has 0 aliphatic rings. The third-order valence-electron chi connectivity index (χ3n) is 3.53. The Bertz CT molecular complexity index is 867. The fraction of sp³-hybridized carbons (Fsp3) is 0.0625. The quantitative estimate of drug-likeness (QED) is 0.494. The average molecular weight is 320 g/mol. The van der Waals surface area contributed by atoms with Gasteiger partial charge in [0.2, 0.25) is 0 Å². The minimum absolute atomic E-state index is 0.239. The molecule has 4 nitrogen and oxygen atoms in total. The summed E-state index contributed by atoms with van der Waals surface area (Å²) in [6, 6.07) is 11.4. The third kappa shape index (κ3) is 2.78. The molecule has 2 aromatic carbocycles. The number of aromatic amines is 1. The van der Waals surface area contributed by atoms with Crippen molar-refractivity contribution in [3.63, 3.8) is 0 Å². The molecule has 3 N–H and O–H groups in total. The maximum absolute atomic E-state index is 12.6. The van der Waals surface area contributed by atoms with Crippen LogP contribution >= 0.6 is 0 Å². The summed E-state index contributed by atoms with van der Waals surface area (Å²) in [5, 5.41) is 9.47. The second-order valence-electron chi connectivity index (χ2n) is 4.97. The van der Waals surface area contributed by atoms with E-state index in [0.717, 1.165) is 12.1 Å². The van der Waals surface area contributed by atoms with Gasteiger partial charge in [-0.15, -0.1) is 0 Å². The number of carbonyl (C=O) groups is 1. The van der Waals surface area contributed by atoms with Crippen LogP contribution < -0.4 is 5.48 Å². The van der Waals surface area contributed by atoms with E-state index >= 15 is 0 Å². The van der Waals surface area contributed by atoms with Crippen molar-refractivity contribution < 1.29 is 23.2 Å². The van der Waals surface area contributed by atoms with Crippen LogP contribution in [0.5, 0.6) is 0 Å². The number of para-hydroxylation sites is 1. The molecular weight excluding hydrogens is 309 g/mol. The molecule has 0 saturated heterocycles. The molecule has 0 saturated carbocycles. The molecule has 3 rings (SSSR count). The highest BCUT2D eigenvalue weighted by atomic mass is 19.4. The Morgan fingerprint density at radius 3 is 2.39 bits per heavy atom. The van der Waals surface area contributed by atoms with Crippen molar-refractivity contribution in [2.45, 2.75) is 6.18 Å². The lowest BCUT2D eigenvalue weighted by atomic mass is 10.1. The van der Waals surface area contributed by atoms with E-state index in [9.17, 15) is 18.0 Å². The molecule has 0 aliphatic carbocycles. The van der Waals surface area contributed by atoms with E-state index in [1.54, 1.807) is 23.7 Å². The molecule has 0 bridgehead atoms. The fourth-order valence-electron chi connectivity index (χ4n) is 2.40. The largest absolute Gasteiger partial charge is 0.416 e. The van der Waals surface area contributed by atoms with Crippen LogP contribution in [0.3, 0.4) is 0 Å². The standard InChI is InChI=1S/C16H11F3N2O2/c17-16(18,19)11-6-4-9(5-7-11)13-8-10-2-1-3-12(14(10)20-13)15(22)21-23/h1-8,20,23H,(H,21,22). The molecule has 0 atom stereocenters. The molecule has 118 valence electrons. The van der Waals surface area contributed by atoms with Gasteiger partial charge in [-0.25, -0.2) is 5.48 Å². The number of H-pyrrole nitrogens is 1. The van der Waals surface area contributed by atoms with Crippen LogP contribution in [0.1, 0.15) is 15.9 Å². The molecule has 0 radical (unpaired) electrons. The molecule has 1 heterocycles. The van der Waals surface area contributed by atoms with E-state index < -0.39 is 17.6 Å². The monoisotopic (exact) mass is 320 g/mol. The summed E-state index contributed by atoms with van der Waals surface area (Å²) < 4.78 is 37.8. The Morgan fingerprint density at radius 1 is 1.09 bits per heavy atom. The number of hydrogen-bond acceptors (Lipinski definition) is 2. The normalized spacial score (nSPS) is 11.7. The Labute approximate surface area is 128 Å². The Hall–Kier alpha value is -2.80. The summed E-state index contributed by atoms with van der Waals surface area (Å²) in [7, 11) is 0. The van der Waals surface area contributed by atoms with Crippen LogP contribution in [0, 0.1) is 0 Å². The van der Waals surface area contributed by atoms with Crippen LogP contribution in [0.25, 0.3) is 22.2 Å². The van der Waals surface area contributed by atoms with Crippen LogP contribution in [-0.2, 0) is 6.18 Å². The second kappa shape index (κ2) is 5.44. The molecule has 3 aromatic rings. The number of alkyl halides is 3. The van der Waals surface area contributed by atoms with Crippen molar-refractivity contribution in [2.75, 3.05) is 0 Å². The number of amides is 1. The number of halogens is 3. The Morgan fingerprint density at radius 2 is 1.78 bits per heavy atom. The van der Waals surface area contributed by atoms with Gasteiger partial charge in [0.15, 0.2) is 0 Å². The zero-order valence-electron chi connectivity index (χ0n) is 11.6. The maximum atomic E-state index is 12.6. The fourth-order valence-corrected chi connectivity index (χ4v) is 2.40. The van der Waals surface area contributed by atoms with Crippen LogP contribution in [0.15, 0.2) is 48.5 Å². The van der Waals surface area contributed by atoms with Gasteiger partial charge in [-0.05, 0) is 29.8 Å². The molecule has 0 spiro atoms. The third-order valence-corrected chi connectivity index (χ3v) is 3.53. The molecule has 1 aromatic heterocycles. The second-order valence-corrected chi connectivity index (χ2v) is 4.97. The van der Waals surface area contributed by atoms with E-state index in [1.807, 2.05) is 0 Å². The first kappa shape index (κ1) is 15.1. The summed E-state index contributed by atoms with van der Waals surface area (Å²) in [6.45, 7) is 0. The minimum Gasteiger partial charge on any atom is -0.354 e. The molecule has 23 heavy (non-hydrogen) atoms. The average Bonchev–Trinajstić information content (AvgIpc) is 2.97. The van der Waals surface area contributed by atoms with Crippen LogP contribution in [0.4, 0.5) is 13.2 Å². The number of fused-ring (bicyclic) bond motifs is 1. The molecule has 1 amide bonds. The number of nitrogens with one attached hydrogen (secondary N) is 2. The van der Waals surface area contributed by atoms with Crippen molar-refractivity contribution in [3.8, 4) is 11.3 Å². The number of aromatic nitrogens is 1. The van der Waals surface area contributed by atoms with Gasteiger partial charge in [0, 0.05) is 11.1 Å². The lowest BCUT2D eigenvalue weighted by Crippen LogP contribution is -2.18. The summed E-state index contributed by atoms with van der Waals surface area (Å²) in [5.41, 5.74) is 2.71. The first-order chi connectivity index (χ1) is 10.9. The van der Waals surface area contributed by atoms with Gasteiger partial charge in [0.1, 0.15) is 0 Å². The van der Waals surface area contributed by atoms with Gasteiger partial charge in [0.05, 0.1) is 16.6 Å². The van der Waals surface area contributed by atoms with E-state index in [0.29, 0.717) is 22.2 Å². The van der Waals surface area contributed by atoms with E-state index in [1.165, 1.54) is 18.2 Å². The van der Waals surface area contributed by atoms with Crippen molar-refractivity contribution in [2.24, 2.45) is 0 Å². The molecule has 7 heteroatoms. The summed E-state index contributed by atoms with van der Waals surface area (Å²) in [4.78, 5) is 14.6. The van der Waals surface area contributed by atoms with Crippen molar-refractivity contribution >= 4 is 16.8 Å². The van der Waals surface area contributed by atoms with E-state index in [4.69, 9.17) is 5.21 Å². The van der Waals surface area contributed by atoms with Gasteiger partial charge in [-0.2, -0.15) is 13.2 Å². The van der Waals surface area contributed by atoms with Crippen molar-refractivity contribution in [3.05, 3.63) is 59.7 Å². The highest BCUT2D eigenvalue weighted by Crippen LogP contribution is 2.32. The first-order valence-corrected chi connectivity index (χ1v) is 6.64. The Balaban J connectivity index is 2.06. The SMILES string of the molecule is O=C(NO)c1cccc2cc(-c3ccc(C(F)(F)F)cc3)[nH]c12. The van der Waals surface area contributed by atoms with Gasteiger partial charge in [0.25, 0.3) is 5.91 Å². The highest BCUT2D eigenvalue weighted by Gasteiger charge is 2.30. The van der Waals surface area contributed by atoms with Gasteiger partial charge < -0.3 is 4.98 Å². The zero-order valence-corrected chi connectivity index (χ0v) is 11.6.